The largest absolute Gasteiger partial charge is 0.384 e. The fourth-order valence-electron chi connectivity index (χ4n) is 3.39. The van der Waals surface area contributed by atoms with E-state index < -0.39 is 5.41 Å². The highest BCUT2D eigenvalue weighted by Gasteiger charge is 2.40. The van der Waals surface area contributed by atoms with Crippen LogP contribution in [0.25, 0.3) is 0 Å². The molecule has 0 saturated carbocycles. The molecule has 7 heteroatoms. The summed E-state index contributed by atoms with van der Waals surface area (Å²) < 4.78 is 5.36. The highest BCUT2D eigenvalue weighted by Crippen LogP contribution is 2.32. The Morgan fingerprint density at radius 3 is 2.56 bits per heavy atom. The Kier molecular flexibility index (Phi) is 7.79. The van der Waals surface area contributed by atoms with Gasteiger partial charge in [-0.25, -0.2) is 4.98 Å². The molecule has 3 rings (SSSR count). The predicted octanol–water partition coefficient (Wildman–Crippen LogP) is 3.73. The van der Waals surface area contributed by atoms with Crippen LogP contribution in [-0.4, -0.2) is 37.7 Å². The minimum Gasteiger partial charge on any atom is -0.384 e. The van der Waals surface area contributed by atoms with E-state index in [9.17, 15) is 4.79 Å². The average molecular weight is 410 g/mol. The van der Waals surface area contributed by atoms with E-state index in [4.69, 9.17) is 4.74 Å². The van der Waals surface area contributed by atoms with Crippen molar-refractivity contribution in [2.45, 2.75) is 33.1 Å². The topological polar surface area (TPSA) is 63.2 Å². The Morgan fingerprint density at radius 2 is 1.93 bits per heavy atom. The molecule has 1 fully saturated rings. The Morgan fingerprint density at radius 1 is 1.26 bits per heavy atom. The normalized spacial score (nSPS) is 15.8. The number of hydrogen-bond donors (Lipinski definition) is 2. The quantitative estimate of drug-likeness (QED) is 0.763. The lowest BCUT2D eigenvalue weighted by Crippen LogP contribution is -2.47. The SMILES string of the molecule is COCC1(C(=O)Nc2nc(C)c(Cc3ccc(C)cc3)s2)CCNCC1.Cl. The van der Waals surface area contributed by atoms with Gasteiger partial charge >= 0.3 is 0 Å². The van der Waals surface area contributed by atoms with Crippen LogP contribution in [0.3, 0.4) is 0 Å². The molecule has 1 amide bonds. The molecule has 1 saturated heterocycles. The maximum atomic E-state index is 12.9. The molecule has 0 radical (unpaired) electrons. The first-order valence-corrected chi connectivity index (χ1v) is 9.87. The number of aromatic nitrogens is 1. The summed E-state index contributed by atoms with van der Waals surface area (Å²) in [6.07, 6.45) is 2.41. The molecule has 0 aliphatic carbocycles. The summed E-state index contributed by atoms with van der Waals surface area (Å²) in [6, 6.07) is 8.55. The number of ether oxygens (including phenoxy) is 1. The van der Waals surface area contributed by atoms with Gasteiger partial charge in [-0.1, -0.05) is 29.8 Å². The Bertz CT molecular complexity index is 750. The van der Waals surface area contributed by atoms with E-state index >= 15 is 0 Å². The van der Waals surface area contributed by atoms with Gasteiger partial charge in [0.05, 0.1) is 17.7 Å². The molecule has 2 N–H and O–H groups in total. The average Bonchev–Trinajstić information content (AvgIpc) is 2.97. The van der Waals surface area contributed by atoms with Crippen molar-refractivity contribution in [3.05, 3.63) is 46.0 Å². The van der Waals surface area contributed by atoms with E-state index in [0.29, 0.717) is 11.7 Å². The second-order valence-corrected chi connectivity index (χ2v) is 8.19. The molecular weight excluding hydrogens is 382 g/mol. The van der Waals surface area contributed by atoms with Crippen molar-refractivity contribution in [3.8, 4) is 0 Å². The third-order valence-corrected chi connectivity index (χ3v) is 6.13. The van der Waals surface area contributed by atoms with Crippen LogP contribution in [0.2, 0.25) is 0 Å². The van der Waals surface area contributed by atoms with E-state index in [1.807, 2.05) is 6.92 Å². The summed E-state index contributed by atoms with van der Waals surface area (Å²) in [6.45, 7) is 6.22. The monoisotopic (exact) mass is 409 g/mol. The minimum atomic E-state index is -0.462. The number of benzene rings is 1. The number of nitrogens with one attached hydrogen (secondary N) is 2. The Balaban J connectivity index is 0.00000261. The third kappa shape index (κ3) is 5.29. The smallest absolute Gasteiger partial charge is 0.234 e. The van der Waals surface area contributed by atoms with Crippen LogP contribution in [-0.2, 0) is 16.0 Å². The van der Waals surface area contributed by atoms with E-state index in [-0.39, 0.29) is 18.3 Å². The van der Waals surface area contributed by atoms with Gasteiger partial charge in [0.1, 0.15) is 0 Å². The zero-order chi connectivity index (χ0) is 18.6. The van der Waals surface area contributed by atoms with Gasteiger partial charge < -0.3 is 15.4 Å². The van der Waals surface area contributed by atoms with Crippen LogP contribution in [0.1, 0.15) is 34.5 Å². The molecule has 0 spiro atoms. The molecule has 1 aliphatic rings. The molecular formula is C20H28ClN3O2S. The number of hydrogen-bond acceptors (Lipinski definition) is 5. The van der Waals surface area contributed by atoms with Gasteiger partial charge in [0, 0.05) is 18.4 Å². The standard InChI is InChI=1S/C20H27N3O2S.ClH/c1-14-4-6-16(7-5-14)12-17-15(2)22-19(26-17)23-18(24)20(13-25-3)8-10-21-11-9-20;/h4-7,21H,8-13H2,1-3H3,(H,22,23,24);1H. The van der Waals surface area contributed by atoms with Crippen LogP contribution in [0, 0.1) is 19.3 Å². The Labute approximate surface area is 171 Å². The van der Waals surface area contributed by atoms with Crippen molar-refractivity contribution in [2.24, 2.45) is 5.41 Å². The molecule has 1 aromatic heterocycles. The predicted molar refractivity (Wildman–Crippen MR) is 113 cm³/mol. The molecule has 148 valence electrons. The second-order valence-electron chi connectivity index (χ2n) is 7.11. The minimum absolute atomic E-state index is 0. The van der Waals surface area contributed by atoms with Crippen molar-refractivity contribution >= 4 is 34.8 Å². The molecule has 1 aliphatic heterocycles. The van der Waals surface area contributed by atoms with Gasteiger partial charge in [0.25, 0.3) is 0 Å². The lowest BCUT2D eigenvalue weighted by atomic mass is 9.79. The lowest BCUT2D eigenvalue weighted by molar-refractivity contribution is -0.130. The fraction of sp³-hybridized carbons (Fsp3) is 0.500. The summed E-state index contributed by atoms with van der Waals surface area (Å²) >= 11 is 1.57. The number of methoxy groups -OCH3 is 1. The number of nitrogens with zero attached hydrogens (tertiary/aromatic N) is 1. The number of amides is 1. The molecule has 2 heterocycles. The first-order valence-electron chi connectivity index (χ1n) is 9.05. The number of thiazole rings is 1. The van der Waals surface area contributed by atoms with E-state index in [0.717, 1.165) is 38.0 Å². The highest BCUT2D eigenvalue weighted by atomic mass is 35.5. The second kappa shape index (κ2) is 9.64. The molecule has 0 bridgehead atoms. The number of aryl methyl sites for hydroxylation is 2. The molecule has 0 unspecified atom stereocenters. The zero-order valence-corrected chi connectivity index (χ0v) is 17.8. The highest BCUT2D eigenvalue weighted by molar-refractivity contribution is 7.15. The van der Waals surface area contributed by atoms with E-state index in [2.05, 4.69) is 46.8 Å². The van der Waals surface area contributed by atoms with Crippen molar-refractivity contribution in [2.75, 3.05) is 32.1 Å². The molecule has 5 nitrogen and oxygen atoms in total. The van der Waals surface area contributed by atoms with Gasteiger partial charge in [0.2, 0.25) is 5.91 Å². The first-order chi connectivity index (χ1) is 12.5. The zero-order valence-electron chi connectivity index (χ0n) is 16.1. The van der Waals surface area contributed by atoms with Gasteiger partial charge in [-0.15, -0.1) is 23.7 Å². The molecule has 1 aromatic carbocycles. The third-order valence-electron chi connectivity index (χ3n) is 5.06. The van der Waals surface area contributed by atoms with Crippen LogP contribution in [0.15, 0.2) is 24.3 Å². The van der Waals surface area contributed by atoms with Crippen LogP contribution in [0.4, 0.5) is 5.13 Å². The van der Waals surface area contributed by atoms with Gasteiger partial charge in [-0.05, 0) is 45.3 Å². The van der Waals surface area contributed by atoms with Crippen LogP contribution in [0.5, 0.6) is 0 Å². The Hall–Kier alpha value is -1.47. The molecule has 2 aromatic rings. The summed E-state index contributed by atoms with van der Waals surface area (Å²) in [4.78, 5) is 18.7. The summed E-state index contributed by atoms with van der Waals surface area (Å²) in [7, 11) is 1.66. The number of carbonyl (C=O) groups excluding carboxylic acids is 1. The molecule has 0 atom stereocenters. The van der Waals surface area contributed by atoms with Crippen LogP contribution < -0.4 is 10.6 Å². The number of piperidine rings is 1. The maximum absolute atomic E-state index is 12.9. The van der Waals surface area contributed by atoms with Crippen molar-refractivity contribution in [1.29, 1.82) is 0 Å². The summed E-state index contributed by atoms with van der Waals surface area (Å²) in [5, 5.41) is 7.05. The number of anilines is 1. The van der Waals surface area contributed by atoms with E-state index in [1.165, 1.54) is 16.0 Å². The lowest BCUT2D eigenvalue weighted by Gasteiger charge is -2.35. The summed E-state index contributed by atoms with van der Waals surface area (Å²) in [5.74, 6) is 0.0245. The van der Waals surface area contributed by atoms with Gasteiger partial charge in [-0.3, -0.25) is 4.79 Å². The van der Waals surface area contributed by atoms with E-state index in [1.54, 1.807) is 18.4 Å². The van der Waals surface area contributed by atoms with Crippen LogP contribution >= 0.6 is 23.7 Å². The maximum Gasteiger partial charge on any atom is 0.234 e. The number of carbonyl (C=O) groups is 1. The number of halogens is 1. The first kappa shape index (κ1) is 21.8. The molecule has 27 heavy (non-hydrogen) atoms. The number of rotatable bonds is 6. The van der Waals surface area contributed by atoms with Gasteiger partial charge in [-0.2, -0.15) is 0 Å². The van der Waals surface area contributed by atoms with Crippen molar-refractivity contribution in [3.63, 3.8) is 0 Å². The summed E-state index contributed by atoms with van der Waals surface area (Å²) in [5.41, 5.74) is 3.04. The van der Waals surface area contributed by atoms with Crippen molar-refractivity contribution < 1.29 is 9.53 Å². The van der Waals surface area contributed by atoms with Gasteiger partial charge in [0.15, 0.2) is 5.13 Å². The fourth-order valence-corrected chi connectivity index (χ4v) is 4.38. The van der Waals surface area contributed by atoms with Crippen molar-refractivity contribution in [1.82, 2.24) is 10.3 Å².